The van der Waals surface area contributed by atoms with Crippen LogP contribution in [0.2, 0.25) is 0 Å². The van der Waals surface area contributed by atoms with Crippen molar-refractivity contribution in [3.8, 4) is 0 Å². The number of pyridine rings is 1. The SMILES string of the molecule is O=C(NCCCOCC1CC1)c1cccnc1Br. The predicted molar refractivity (Wildman–Crippen MR) is 72.4 cm³/mol. The van der Waals surface area contributed by atoms with E-state index in [9.17, 15) is 4.79 Å². The van der Waals surface area contributed by atoms with Crippen LogP contribution in [0.5, 0.6) is 0 Å². The molecule has 1 amide bonds. The van der Waals surface area contributed by atoms with Gasteiger partial charge in [0.1, 0.15) is 4.60 Å². The smallest absolute Gasteiger partial charge is 0.254 e. The van der Waals surface area contributed by atoms with Crippen LogP contribution in [0, 0.1) is 5.92 Å². The third-order valence-electron chi connectivity index (χ3n) is 2.81. The minimum absolute atomic E-state index is 0.0998. The van der Waals surface area contributed by atoms with Gasteiger partial charge in [-0.15, -0.1) is 0 Å². The summed E-state index contributed by atoms with van der Waals surface area (Å²) >= 11 is 3.26. The fourth-order valence-corrected chi connectivity index (χ4v) is 1.99. The summed E-state index contributed by atoms with van der Waals surface area (Å²) in [5, 5.41) is 2.85. The number of rotatable bonds is 7. The Balaban J connectivity index is 1.60. The molecule has 18 heavy (non-hydrogen) atoms. The Bertz CT molecular complexity index is 408. The van der Waals surface area contributed by atoms with Crippen LogP contribution in [0.25, 0.3) is 0 Å². The maximum atomic E-state index is 11.8. The molecule has 1 aromatic rings. The number of halogens is 1. The molecule has 0 aromatic carbocycles. The van der Waals surface area contributed by atoms with Gasteiger partial charge in [0, 0.05) is 26.0 Å². The number of carbonyl (C=O) groups excluding carboxylic acids is 1. The van der Waals surface area contributed by atoms with Crippen LogP contribution in [-0.4, -0.2) is 30.6 Å². The quantitative estimate of drug-likeness (QED) is 0.621. The highest BCUT2D eigenvalue weighted by Gasteiger charge is 2.20. The lowest BCUT2D eigenvalue weighted by atomic mass is 10.2. The van der Waals surface area contributed by atoms with Crippen molar-refractivity contribution in [2.75, 3.05) is 19.8 Å². The zero-order chi connectivity index (χ0) is 12.8. The maximum Gasteiger partial charge on any atom is 0.254 e. The van der Waals surface area contributed by atoms with Crippen LogP contribution < -0.4 is 5.32 Å². The molecule has 0 aliphatic heterocycles. The number of hydrogen-bond donors (Lipinski definition) is 1. The van der Waals surface area contributed by atoms with Crippen molar-refractivity contribution in [1.29, 1.82) is 0 Å². The largest absolute Gasteiger partial charge is 0.381 e. The van der Waals surface area contributed by atoms with E-state index in [1.165, 1.54) is 12.8 Å². The summed E-state index contributed by atoms with van der Waals surface area (Å²) in [5.74, 6) is 0.697. The molecule has 0 radical (unpaired) electrons. The molecule has 0 unspecified atom stereocenters. The van der Waals surface area contributed by atoms with Crippen molar-refractivity contribution < 1.29 is 9.53 Å². The van der Waals surface area contributed by atoms with Gasteiger partial charge in [0.05, 0.1) is 5.56 Å². The van der Waals surface area contributed by atoms with Gasteiger partial charge in [0.25, 0.3) is 5.91 Å². The number of aromatic nitrogens is 1. The first kappa shape index (κ1) is 13.5. The molecule has 0 spiro atoms. The molecular formula is C13H17BrN2O2. The van der Waals surface area contributed by atoms with Crippen molar-refractivity contribution >= 4 is 21.8 Å². The van der Waals surface area contributed by atoms with E-state index < -0.39 is 0 Å². The van der Waals surface area contributed by atoms with Gasteiger partial charge in [0.2, 0.25) is 0 Å². The number of ether oxygens (including phenoxy) is 1. The van der Waals surface area contributed by atoms with Crippen molar-refractivity contribution in [2.45, 2.75) is 19.3 Å². The van der Waals surface area contributed by atoms with Crippen LogP contribution in [0.4, 0.5) is 0 Å². The molecule has 4 nitrogen and oxygen atoms in total. The fraction of sp³-hybridized carbons (Fsp3) is 0.538. The first-order valence-corrected chi connectivity index (χ1v) is 7.03. The summed E-state index contributed by atoms with van der Waals surface area (Å²) in [6.07, 6.45) is 5.11. The van der Waals surface area contributed by atoms with Gasteiger partial charge in [-0.3, -0.25) is 4.79 Å². The van der Waals surface area contributed by atoms with E-state index in [4.69, 9.17) is 4.74 Å². The Hall–Kier alpha value is -0.940. The standard InChI is InChI=1S/C13H17BrN2O2/c14-12-11(3-1-6-15-12)13(17)16-7-2-8-18-9-10-4-5-10/h1,3,6,10H,2,4-5,7-9H2,(H,16,17). The number of hydrogen-bond acceptors (Lipinski definition) is 3. The van der Waals surface area contributed by atoms with Crippen molar-refractivity contribution in [3.63, 3.8) is 0 Å². The number of nitrogens with one attached hydrogen (secondary N) is 1. The Labute approximate surface area is 115 Å². The van der Waals surface area contributed by atoms with Crippen molar-refractivity contribution in [2.24, 2.45) is 5.92 Å². The summed E-state index contributed by atoms with van der Waals surface area (Å²) < 4.78 is 6.07. The molecule has 0 saturated heterocycles. The van der Waals surface area contributed by atoms with E-state index in [1.807, 2.05) is 0 Å². The minimum atomic E-state index is -0.0998. The molecule has 98 valence electrons. The molecule has 5 heteroatoms. The van der Waals surface area contributed by atoms with E-state index in [0.29, 0.717) is 23.3 Å². The third kappa shape index (κ3) is 4.38. The molecule has 1 aromatic heterocycles. The average Bonchev–Trinajstić information content (AvgIpc) is 3.18. The van der Waals surface area contributed by atoms with E-state index in [1.54, 1.807) is 18.3 Å². The molecule has 2 rings (SSSR count). The topological polar surface area (TPSA) is 51.2 Å². The fourth-order valence-electron chi connectivity index (χ4n) is 1.56. The molecule has 1 aliphatic carbocycles. The second-order valence-electron chi connectivity index (χ2n) is 4.47. The first-order valence-electron chi connectivity index (χ1n) is 6.24. The molecule has 1 aliphatic rings. The molecule has 0 bridgehead atoms. The van der Waals surface area contributed by atoms with E-state index in [2.05, 4.69) is 26.2 Å². The predicted octanol–water partition coefficient (Wildman–Crippen LogP) is 2.39. The summed E-state index contributed by atoms with van der Waals surface area (Å²) in [7, 11) is 0. The van der Waals surface area contributed by atoms with E-state index in [0.717, 1.165) is 18.9 Å². The molecule has 0 atom stereocenters. The van der Waals surface area contributed by atoms with Gasteiger partial charge in [0.15, 0.2) is 0 Å². The second-order valence-corrected chi connectivity index (χ2v) is 5.22. The van der Waals surface area contributed by atoms with Crippen LogP contribution in [0.15, 0.2) is 22.9 Å². The highest BCUT2D eigenvalue weighted by molar-refractivity contribution is 9.10. The Morgan fingerprint density at radius 2 is 2.39 bits per heavy atom. The van der Waals surface area contributed by atoms with Crippen molar-refractivity contribution in [1.82, 2.24) is 10.3 Å². The second kappa shape index (κ2) is 6.85. The van der Waals surface area contributed by atoms with Crippen LogP contribution in [-0.2, 0) is 4.74 Å². The maximum absolute atomic E-state index is 11.8. The lowest BCUT2D eigenvalue weighted by Gasteiger charge is -2.06. The van der Waals surface area contributed by atoms with Gasteiger partial charge in [-0.1, -0.05) is 0 Å². The summed E-state index contributed by atoms with van der Waals surface area (Å²) in [5.41, 5.74) is 0.566. The summed E-state index contributed by atoms with van der Waals surface area (Å²) in [6.45, 7) is 2.22. The number of nitrogens with zero attached hydrogens (tertiary/aromatic N) is 1. The van der Waals surface area contributed by atoms with Crippen molar-refractivity contribution in [3.05, 3.63) is 28.5 Å². The number of amides is 1. The zero-order valence-electron chi connectivity index (χ0n) is 10.2. The molecular weight excluding hydrogens is 296 g/mol. The minimum Gasteiger partial charge on any atom is -0.381 e. The lowest BCUT2D eigenvalue weighted by molar-refractivity contribution is 0.0936. The molecule has 1 saturated carbocycles. The van der Waals surface area contributed by atoms with Gasteiger partial charge in [-0.25, -0.2) is 4.98 Å². The Morgan fingerprint density at radius 3 is 3.11 bits per heavy atom. The van der Waals surface area contributed by atoms with Gasteiger partial charge < -0.3 is 10.1 Å². The molecule has 1 fully saturated rings. The summed E-state index contributed by atoms with van der Waals surface area (Å²) in [6, 6.07) is 3.49. The molecule has 1 N–H and O–H groups in total. The normalized spacial score (nSPS) is 14.5. The summed E-state index contributed by atoms with van der Waals surface area (Å²) in [4.78, 5) is 15.8. The van der Waals surface area contributed by atoms with Gasteiger partial charge in [-0.05, 0) is 53.2 Å². The van der Waals surface area contributed by atoms with E-state index in [-0.39, 0.29) is 5.91 Å². The zero-order valence-corrected chi connectivity index (χ0v) is 11.8. The van der Waals surface area contributed by atoms with Crippen LogP contribution >= 0.6 is 15.9 Å². The monoisotopic (exact) mass is 312 g/mol. The van der Waals surface area contributed by atoms with Crippen LogP contribution in [0.3, 0.4) is 0 Å². The van der Waals surface area contributed by atoms with Crippen LogP contribution in [0.1, 0.15) is 29.6 Å². The third-order valence-corrected chi connectivity index (χ3v) is 3.44. The molecule has 1 heterocycles. The Morgan fingerprint density at radius 1 is 1.56 bits per heavy atom. The first-order chi connectivity index (χ1) is 8.77. The van der Waals surface area contributed by atoms with Gasteiger partial charge in [-0.2, -0.15) is 0 Å². The highest BCUT2D eigenvalue weighted by Crippen LogP contribution is 2.28. The Kier molecular flexibility index (Phi) is 5.13. The highest BCUT2D eigenvalue weighted by atomic mass is 79.9. The van der Waals surface area contributed by atoms with E-state index >= 15 is 0 Å². The number of carbonyl (C=O) groups is 1. The average molecular weight is 313 g/mol. The lowest BCUT2D eigenvalue weighted by Crippen LogP contribution is -2.25. The van der Waals surface area contributed by atoms with Gasteiger partial charge >= 0.3 is 0 Å².